The molecule has 1 fully saturated rings. The van der Waals surface area contributed by atoms with Crippen LogP contribution in [0.4, 0.5) is 5.95 Å². The number of hydrogen-bond acceptors (Lipinski definition) is 7. The number of anilines is 1. The van der Waals surface area contributed by atoms with E-state index >= 15 is 0 Å². The van der Waals surface area contributed by atoms with Crippen molar-refractivity contribution in [2.45, 2.75) is 13.8 Å². The Morgan fingerprint density at radius 1 is 1.28 bits per heavy atom. The van der Waals surface area contributed by atoms with Crippen LogP contribution >= 0.6 is 0 Å². The van der Waals surface area contributed by atoms with Crippen molar-refractivity contribution in [1.82, 2.24) is 24.5 Å². The summed E-state index contributed by atoms with van der Waals surface area (Å²) in [6.07, 6.45) is 8.47. The Hall–Kier alpha value is -3.93. The molecule has 9 nitrogen and oxygen atoms in total. The Bertz CT molecular complexity index is 1170. The lowest BCUT2D eigenvalue weighted by atomic mass is 10.1. The highest BCUT2D eigenvalue weighted by Crippen LogP contribution is 2.30. The molecule has 0 N–H and O–H groups in total. The summed E-state index contributed by atoms with van der Waals surface area (Å²) in [4.78, 5) is 25.4. The molecular weight excluding hydrogens is 406 g/mol. The Kier molecular flexibility index (Phi) is 6.03. The molecule has 0 bridgehead atoms. The number of ether oxygens (including phenoxy) is 1. The van der Waals surface area contributed by atoms with Crippen molar-refractivity contribution in [2.24, 2.45) is 5.92 Å². The Labute approximate surface area is 186 Å². The van der Waals surface area contributed by atoms with Gasteiger partial charge in [0.25, 0.3) is 0 Å². The molecule has 9 heteroatoms. The van der Waals surface area contributed by atoms with E-state index in [0.29, 0.717) is 55.6 Å². The second-order valence-electron chi connectivity index (χ2n) is 7.59. The lowest BCUT2D eigenvalue weighted by Gasteiger charge is -2.35. The van der Waals surface area contributed by atoms with Gasteiger partial charge in [-0.15, -0.1) is 6.58 Å². The van der Waals surface area contributed by atoms with Crippen molar-refractivity contribution >= 4 is 17.4 Å². The predicted molar refractivity (Wildman–Crippen MR) is 120 cm³/mol. The molecular formula is C23H25N7O2. The predicted octanol–water partition coefficient (Wildman–Crippen LogP) is 2.53. The summed E-state index contributed by atoms with van der Waals surface area (Å²) < 4.78 is 7.31. The first-order valence-electron chi connectivity index (χ1n) is 10.6. The monoisotopic (exact) mass is 431 g/mol. The first-order valence-corrected chi connectivity index (χ1v) is 10.6. The van der Waals surface area contributed by atoms with Gasteiger partial charge in [-0.2, -0.15) is 10.4 Å². The van der Waals surface area contributed by atoms with Crippen LogP contribution in [-0.4, -0.2) is 63.2 Å². The second-order valence-corrected chi connectivity index (χ2v) is 7.59. The molecule has 4 rings (SSSR count). The van der Waals surface area contributed by atoms with Crippen molar-refractivity contribution in [3.63, 3.8) is 0 Å². The lowest BCUT2D eigenvalue weighted by Crippen LogP contribution is -2.50. The summed E-state index contributed by atoms with van der Waals surface area (Å²) in [5.74, 6) is 1.19. The highest BCUT2D eigenvalue weighted by Gasteiger charge is 2.24. The summed E-state index contributed by atoms with van der Waals surface area (Å²) in [6, 6.07) is 4.07. The maximum atomic E-state index is 12.3. The largest absolute Gasteiger partial charge is 0.492 e. The molecule has 1 aliphatic heterocycles. The Balaban J connectivity index is 1.57. The number of carbonyl (C=O) groups is 1. The summed E-state index contributed by atoms with van der Waals surface area (Å²) in [6.45, 7) is 10.6. The van der Waals surface area contributed by atoms with E-state index in [1.54, 1.807) is 29.2 Å². The highest BCUT2D eigenvalue weighted by molar-refractivity contribution is 5.85. The minimum absolute atomic E-state index is 0.100. The van der Waals surface area contributed by atoms with E-state index in [4.69, 9.17) is 4.74 Å². The van der Waals surface area contributed by atoms with Crippen LogP contribution in [0.5, 0.6) is 5.75 Å². The number of nitrogens with zero attached hydrogens (tertiary/aromatic N) is 7. The van der Waals surface area contributed by atoms with Gasteiger partial charge in [0.05, 0.1) is 36.0 Å². The maximum absolute atomic E-state index is 12.3. The maximum Gasteiger partial charge on any atom is 0.229 e. The second kappa shape index (κ2) is 9.06. The molecule has 4 heterocycles. The van der Waals surface area contributed by atoms with E-state index < -0.39 is 0 Å². The van der Waals surface area contributed by atoms with E-state index in [2.05, 4.69) is 32.6 Å². The van der Waals surface area contributed by atoms with E-state index in [9.17, 15) is 10.1 Å². The third kappa shape index (κ3) is 3.99. The molecule has 164 valence electrons. The molecule has 32 heavy (non-hydrogen) atoms. The first-order chi connectivity index (χ1) is 15.5. The van der Waals surface area contributed by atoms with Crippen LogP contribution in [-0.2, 0) is 4.79 Å². The lowest BCUT2D eigenvalue weighted by molar-refractivity contribution is -0.133. The third-order valence-electron chi connectivity index (χ3n) is 5.58. The quantitative estimate of drug-likeness (QED) is 0.553. The Morgan fingerprint density at radius 2 is 2.00 bits per heavy atom. The number of amides is 1. The number of fused-ring (bicyclic) bond motifs is 1. The molecule has 3 aromatic heterocycles. The van der Waals surface area contributed by atoms with Crippen molar-refractivity contribution in [2.75, 3.05) is 37.7 Å². The zero-order valence-corrected chi connectivity index (χ0v) is 18.2. The van der Waals surface area contributed by atoms with Crippen LogP contribution in [0.3, 0.4) is 0 Å². The summed E-state index contributed by atoms with van der Waals surface area (Å²) in [7, 11) is 0. The Morgan fingerprint density at radius 3 is 2.62 bits per heavy atom. The fourth-order valence-electron chi connectivity index (χ4n) is 3.78. The summed E-state index contributed by atoms with van der Waals surface area (Å²) in [5.41, 5.74) is 2.72. The van der Waals surface area contributed by atoms with E-state index in [1.807, 2.05) is 24.8 Å². The molecule has 0 aliphatic carbocycles. The fourth-order valence-corrected chi connectivity index (χ4v) is 3.78. The molecule has 0 aromatic carbocycles. The number of aromatic nitrogens is 4. The van der Waals surface area contributed by atoms with Crippen LogP contribution in [0.1, 0.15) is 19.4 Å². The van der Waals surface area contributed by atoms with Gasteiger partial charge >= 0.3 is 0 Å². The van der Waals surface area contributed by atoms with Crippen LogP contribution in [0.2, 0.25) is 0 Å². The standard InChI is InChI=1S/C23H25N7O2/c1-4-16(3)22(31)28-6-8-29(9-7-28)23-25-12-18(13-26-23)20-10-19(32-5-2)15-30-21(20)17(11-24)14-27-30/h4,10,12-16H,1,5-9H2,2-3H3. The normalized spacial score (nSPS) is 14.8. The fraction of sp³-hybridized carbons (Fsp3) is 0.348. The van der Waals surface area contributed by atoms with Crippen LogP contribution in [0.15, 0.2) is 43.5 Å². The average Bonchev–Trinajstić information content (AvgIpc) is 3.26. The van der Waals surface area contributed by atoms with E-state index in [0.717, 1.165) is 11.1 Å². The molecule has 0 spiro atoms. The van der Waals surface area contributed by atoms with E-state index in [1.165, 1.54) is 6.20 Å². The van der Waals surface area contributed by atoms with Gasteiger partial charge in [0.1, 0.15) is 11.8 Å². The van der Waals surface area contributed by atoms with Gasteiger partial charge in [-0.1, -0.05) is 13.0 Å². The van der Waals surface area contributed by atoms with Crippen molar-refractivity contribution in [3.8, 4) is 22.9 Å². The number of hydrogen-bond donors (Lipinski definition) is 0. The van der Waals surface area contributed by atoms with E-state index in [-0.39, 0.29) is 11.8 Å². The molecule has 1 atom stereocenters. The smallest absolute Gasteiger partial charge is 0.229 e. The van der Waals surface area contributed by atoms with Gasteiger partial charge < -0.3 is 14.5 Å². The molecule has 3 aromatic rings. The zero-order valence-electron chi connectivity index (χ0n) is 18.2. The van der Waals surface area contributed by atoms with Crippen molar-refractivity contribution in [3.05, 3.63) is 49.1 Å². The molecule has 1 amide bonds. The van der Waals surface area contributed by atoms with Gasteiger partial charge in [-0.3, -0.25) is 4.79 Å². The molecule has 1 saturated heterocycles. The third-order valence-corrected chi connectivity index (χ3v) is 5.58. The minimum Gasteiger partial charge on any atom is -0.492 e. The summed E-state index contributed by atoms with van der Waals surface area (Å²) >= 11 is 0. The van der Waals surface area contributed by atoms with Crippen LogP contribution in [0, 0.1) is 17.2 Å². The number of pyridine rings is 1. The van der Waals surface area contributed by atoms with Crippen LogP contribution < -0.4 is 9.64 Å². The van der Waals surface area contributed by atoms with Gasteiger partial charge in [-0.25, -0.2) is 14.5 Å². The molecule has 0 radical (unpaired) electrons. The number of rotatable bonds is 6. The van der Waals surface area contributed by atoms with Gasteiger partial charge in [-0.05, 0) is 13.0 Å². The van der Waals surface area contributed by atoms with Gasteiger partial charge in [0.2, 0.25) is 11.9 Å². The first kappa shape index (κ1) is 21.3. The number of piperazine rings is 1. The molecule has 1 unspecified atom stereocenters. The van der Waals surface area contributed by atoms with Gasteiger partial charge in [0.15, 0.2) is 0 Å². The topological polar surface area (TPSA) is 99.6 Å². The highest BCUT2D eigenvalue weighted by atomic mass is 16.5. The molecule has 0 saturated carbocycles. The zero-order chi connectivity index (χ0) is 22.7. The number of nitriles is 1. The number of carbonyl (C=O) groups excluding carboxylic acids is 1. The van der Waals surface area contributed by atoms with Crippen molar-refractivity contribution in [1.29, 1.82) is 5.26 Å². The minimum atomic E-state index is -0.178. The van der Waals surface area contributed by atoms with Gasteiger partial charge in [0, 0.05) is 49.7 Å². The van der Waals surface area contributed by atoms with Crippen LogP contribution in [0.25, 0.3) is 16.6 Å². The van der Waals surface area contributed by atoms with Crippen molar-refractivity contribution < 1.29 is 9.53 Å². The SMILES string of the molecule is C=CC(C)C(=O)N1CCN(c2ncc(-c3cc(OCC)cn4ncc(C#N)c34)cn2)CC1. The molecule has 1 aliphatic rings. The summed E-state index contributed by atoms with van der Waals surface area (Å²) in [5, 5.41) is 13.8. The average molecular weight is 432 g/mol.